The van der Waals surface area contributed by atoms with E-state index >= 15 is 0 Å². The second-order valence-corrected chi connectivity index (χ2v) is 5.15. The SMILES string of the molecule is CCCNc1nc(C)nc(Nc2c(F)cccc2Cl)c1C. The minimum Gasteiger partial charge on any atom is -0.370 e. The first-order chi connectivity index (χ1) is 10.0. The molecule has 0 bridgehead atoms. The number of hydrogen-bond acceptors (Lipinski definition) is 4. The highest BCUT2D eigenvalue weighted by molar-refractivity contribution is 6.33. The number of benzene rings is 1. The van der Waals surface area contributed by atoms with Crippen LogP contribution in [-0.4, -0.2) is 16.5 Å². The molecular weight excluding hydrogens is 291 g/mol. The Balaban J connectivity index is 2.38. The lowest BCUT2D eigenvalue weighted by atomic mass is 10.2. The Labute approximate surface area is 128 Å². The van der Waals surface area contributed by atoms with Gasteiger partial charge >= 0.3 is 0 Å². The van der Waals surface area contributed by atoms with E-state index < -0.39 is 5.82 Å². The summed E-state index contributed by atoms with van der Waals surface area (Å²) in [6, 6.07) is 4.55. The summed E-state index contributed by atoms with van der Waals surface area (Å²) in [5.41, 5.74) is 1.05. The standard InChI is InChI=1S/C15H18ClFN4/c1-4-8-18-14-9(2)15(20-10(3)19-14)21-13-11(16)6-5-7-12(13)17/h5-7H,4,8H2,1-3H3,(H2,18,19,20,21). The van der Waals surface area contributed by atoms with Crippen LogP contribution in [0, 0.1) is 19.7 Å². The van der Waals surface area contributed by atoms with Crippen LogP contribution in [0.1, 0.15) is 24.7 Å². The van der Waals surface area contributed by atoms with Crippen molar-refractivity contribution in [2.75, 3.05) is 17.2 Å². The summed E-state index contributed by atoms with van der Waals surface area (Å²) in [5, 5.41) is 6.52. The number of aryl methyl sites for hydroxylation is 1. The maximum atomic E-state index is 13.9. The molecule has 2 rings (SSSR count). The van der Waals surface area contributed by atoms with Crippen molar-refractivity contribution < 1.29 is 4.39 Å². The summed E-state index contributed by atoms with van der Waals surface area (Å²) in [4.78, 5) is 8.70. The first-order valence-electron chi connectivity index (χ1n) is 6.83. The molecule has 21 heavy (non-hydrogen) atoms. The highest BCUT2D eigenvalue weighted by Gasteiger charge is 2.13. The molecule has 2 N–H and O–H groups in total. The highest BCUT2D eigenvalue weighted by atomic mass is 35.5. The molecule has 6 heteroatoms. The summed E-state index contributed by atoms with van der Waals surface area (Å²) in [5.74, 6) is 1.49. The van der Waals surface area contributed by atoms with Gasteiger partial charge in [-0.3, -0.25) is 0 Å². The molecule has 0 radical (unpaired) electrons. The smallest absolute Gasteiger partial charge is 0.148 e. The largest absolute Gasteiger partial charge is 0.370 e. The minimum absolute atomic E-state index is 0.224. The van der Waals surface area contributed by atoms with Crippen molar-refractivity contribution in [3.05, 3.63) is 40.4 Å². The fourth-order valence-electron chi connectivity index (χ4n) is 1.90. The summed E-state index contributed by atoms with van der Waals surface area (Å²) in [7, 11) is 0. The average Bonchev–Trinajstić information content (AvgIpc) is 2.44. The maximum Gasteiger partial charge on any atom is 0.148 e. The number of aromatic nitrogens is 2. The molecule has 0 saturated carbocycles. The zero-order chi connectivity index (χ0) is 15.4. The van der Waals surface area contributed by atoms with E-state index in [0.717, 1.165) is 24.3 Å². The molecule has 1 aromatic heterocycles. The Morgan fingerprint density at radius 1 is 1.19 bits per heavy atom. The Hall–Kier alpha value is -1.88. The molecule has 0 unspecified atom stereocenters. The molecular formula is C15H18ClFN4. The quantitative estimate of drug-likeness (QED) is 0.856. The molecule has 2 aromatic rings. The van der Waals surface area contributed by atoms with Gasteiger partial charge in [-0.2, -0.15) is 0 Å². The summed E-state index contributed by atoms with van der Waals surface area (Å²) < 4.78 is 13.9. The van der Waals surface area contributed by atoms with Crippen LogP contribution in [0.25, 0.3) is 0 Å². The summed E-state index contributed by atoms with van der Waals surface area (Å²) >= 11 is 6.03. The Kier molecular flexibility index (Phi) is 4.96. The van der Waals surface area contributed by atoms with Crippen LogP contribution in [0.3, 0.4) is 0 Å². The van der Waals surface area contributed by atoms with Crippen molar-refractivity contribution in [2.24, 2.45) is 0 Å². The van der Waals surface area contributed by atoms with Crippen molar-refractivity contribution in [2.45, 2.75) is 27.2 Å². The molecule has 0 aliphatic carbocycles. The lowest BCUT2D eigenvalue weighted by Gasteiger charge is -2.15. The van der Waals surface area contributed by atoms with Crippen LogP contribution in [0.2, 0.25) is 5.02 Å². The molecule has 1 heterocycles. The van der Waals surface area contributed by atoms with Gasteiger partial charge in [-0.15, -0.1) is 0 Å². The fraction of sp³-hybridized carbons (Fsp3) is 0.333. The first-order valence-corrected chi connectivity index (χ1v) is 7.21. The number of rotatable bonds is 5. The zero-order valence-electron chi connectivity index (χ0n) is 12.3. The monoisotopic (exact) mass is 308 g/mol. The molecule has 0 atom stereocenters. The molecule has 0 aliphatic heterocycles. The predicted molar refractivity (Wildman–Crippen MR) is 85.0 cm³/mol. The zero-order valence-corrected chi connectivity index (χ0v) is 13.1. The van der Waals surface area contributed by atoms with Crippen molar-refractivity contribution in [3.63, 3.8) is 0 Å². The molecule has 0 aliphatic rings. The third-order valence-electron chi connectivity index (χ3n) is 3.01. The van der Waals surface area contributed by atoms with Crippen molar-refractivity contribution in [1.82, 2.24) is 9.97 Å². The van der Waals surface area contributed by atoms with Crippen molar-refractivity contribution in [3.8, 4) is 0 Å². The van der Waals surface area contributed by atoms with E-state index in [0.29, 0.717) is 16.7 Å². The van der Waals surface area contributed by atoms with Crippen molar-refractivity contribution >= 4 is 28.9 Å². The average molecular weight is 309 g/mol. The number of anilines is 3. The van der Waals surface area contributed by atoms with Gasteiger partial charge in [0.1, 0.15) is 23.3 Å². The van der Waals surface area contributed by atoms with Gasteiger partial charge in [0, 0.05) is 12.1 Å². The highest BCUT2D eigenvalue weighted by Crippen LogP contribution is 2.30. The third-order valence-corrected chi connectivity index (χ3v) is 3.32. The van der Waals surface area contributed by atoms with E-state index in [2.05, 4.69) is 27.5 Å². The van der Waals surface area contributed by atoms with E-state index in [1.807, 2.05) is 6.92 Å². The van der Waals surface area contributed by atoms with Gasteiger partial charge in [0.15, 0.2) is 0 Å². The molecule has 1 aromatic carbocycles. The van der Waals surface area contributed by atoms with Crippen LogP contribution >= 0.6 is 11.6 Å². The Bertz CT molecular complexity index is 626. The van der Waals surface area contributed by atoms with Gasteiger partial charge in [-0.05, 0) is 32.4 Å². The molecule has 4 nitrogen and oxygen atoms in total. The van der Waals surface area contributed by atoms with E-state index in [-0.39, 0.29) is 5.69 Å². The number of nitrogens with zero attached hydrogens (tertiary/aromatic N) is 2. The molecule has 0 saturated heterocycles. The first kappa shape index (κ1) is 15.5. The molecule has 0 amide bonds. The maximum absolute atomic E-state index is 13.9. The Morgan fingerprint density at radius 3 is 2.57 bits per heavy atom. The number of nitrogens with one attached hydrogen (secondary N) is 2. The van der Waals surface area contributed by atoms with Gasteiger partial charge in [0.05, 0.1) is 10.7 Å². The predicted octanol–water partition coefficient (Wildman–Crippen LogP) is 4.45. The normalized spacial score (nSPS) is 10.5. The molecule has 112 valence electrons. The van der Waals surface area contributed by atoms with E-state index in [1.54, 1.807) is 19.1 Å². The number of hydrogen-bond donors (Lipinski definition) is 2. The van der Waals surface area contributed by atoms with Gasteiger partial charge in [0.25, 0.3) is 0 Å². The number of halogens is 2. The number of para-hydroxylation sites is 1. The second kappa shape index (κ2) is 6.72. The van der Waals surface area contributed by atoms with Gasteiger partial charge in [0.2, 0.25) is 0 Å². The van der Waals surface area contributed by atoms with Crippen LogP contribution < -0.4 is 10.6 Å². The molecule has 0 spiro atoms. The topological polar surface area (TPSA) is 49.8 Å². The van der Waals surface area contributed by atoms with E-state index in [4.69, 9.17) is 11.6 Å². The van der Waals surface area contributed by atoms with Crippen LogP contribution in [0.4, 0.5) is 21.7 Å². The van der Waals surface area contributed by atoms with Crippen LogP contribution in [0.5, 0.6) is 0 Å². The Morgan fingerprint density at radius 2 is 1.90 bits per heavy atom. The summed E-state index contributed by atoms with van der Waals surface area (Å²) in [6.45, 7) is 6.57. The van der Waals surface area contributed by atoms with E-state index in [9.17, 15) is 4.39 Å². The van der Waals surface area contributed by atoms with Crippen LogP contribution in [0.15, 0.2) is 18.2 Å². The van der Waals surface area contributed by atoms with Crippen LogP contribution in [-0.2, 0) is 0 Å². The minimum atomic E-state index is -0.416. The van der Waals surface area contributed by atoms with E-state index in [1.165, 1.54) is 6.07 Å². The second-order valence-electron chi connectivity index (χ2n) is 4.74. The molecule has 0 fully saturated rings. The summed E-state index contributed by atoms with van der Waals surface area (Å²) in [6.07, 6.45) is 0.990. The van der Waals surface area contributed by atoms with Gasteiger partial charge in [-0.25, -0.2) is 14.4 Å². The van der Waals surface area contributed by atoms with Crippen molar-refractivity contribution in [1.29, 1.82) is 0 Å². The fourth-order valence-corrected chi connectivity index (χ4v) is 2.11. The van der Waals surface area contributed by atoms with Gasteiger partial charge < -0.3 is 10.6 Å². The lowest BCUT2D eigenvalue weighted by molar-refractivity contribution is 0.632. The third kappa shape index (κ3) is 3.61. The lowest BCUT2D eigenvalue weighted by Crippen LogP contribution is -2.09. The van der Waals surface area contributed by atoms with Gasteiger partial charge in [-0.1, -0.05) is 24.6 Å².